The lowest BCUT2D eigenvalue weighted by Gasteiger charge is -2.11. The minimum Gasteiger partial charge on any atom is -0.488 e. The van der Waals surface area contributed by atoms with Gasteiger partial charge < -0.3 is 9.84 Å². The predicted octanol–water partition coefficient (Wildman–Crippen LogP) is 5.86. The van der Waals surface area contributed by atoms with Crippen molar-refractivity contribution < 1.29 is 14.6 Å². The summed E-state index contributed by atoms with van der Waals surface area (Å²) in [6.07, 6.45) is 3.22. The summed E-state index contributed by atoms with van der Waals surface area (Å²) < 4.78 is 5.90. The van der Waals surface area contributed by atoms with Gasteiger partial charge in [-0.1, -0.05) is 54.4 Å². The molecule has 0 bridgehead atoms. The summed E-state index contributed by atoms with van der Waals surface area (Å²) in [5, 5.41) is 18.0. The number of ether oxygens (including phenoxy) is 1. The Morgan fingerprint density at radius 3 is 2.80 bits per heavy atom. The van der Waals surface area contributed by atoms with E-state index in [1.807, 2.05) is 19.1 Å². The average Bonchev–Trinajstić information content (AvgIpc) is 3.15. The molecule has 2 N–H and O–H groups in total. The van der Waals surface area contributed by atoms with E-state index < -0.39 is 5.97 Å². The van der Waals surface area contributed by atoms with Crippen LogP contribution in [0.3, 0.4) is 0 Å². The van der Waals surface area contributed by atoms with Gasteiger partial charge in [-0.25, -0.2) is 9.78 Å². The lowest BCUT2D eigenvalue weighted by atomic mass is 10.2. The Morgan fingerprint density at radius 2 is 2.07 bits per heavy atom. The number of benzene rings is 2. The Morgan fingerprint density at radius 1 is 1.27 bits per heavy atom. The maximum absolute atomic E-state index is 11.8. The summed E-state index contributed by atoms with van der Waals surface area (Å²) in [7, 11) is 0. The summed E-state index contributed by atoms with van der Waals surface area (Å²) >= 11 is 13.1. The van der Waals surface area contributed by atoms with Gasteiger partial charge in [-0.15, -0.1) is 5.10 Å². The summed E-state index contributed by atoms with van der Waals surface area (Å²) in [5.41, 5.74) is 1.40. The largest absolute Gasteiger partial charge is 0.488 e. The molecule has 156 valence electrons. The number of nitrogens with zero attached hydrogens (tertiary/aromatic N) is 2. The van der Waals surface area contributed by atoms with Crippen molar-refractivity contribution in [1.82, 2.24) is 15.2 Å². The van der Waals surface area contributed by atoms with Crippen LogP contribution in [-0.4, -0.2) is 26.3 Å². The number of aryl methyl sites for hydroxylation is 1. The van der Waals surface area contributed by atoms with Crippen LogP contribution in [0, 0.1) is 0 Å². The molecule has 0 saturated heterocycles. The van der Waals surface area contributed by atoms with Gasteiger partial charge in [0.25, 0.3) is 0 Å². The first-order valence-corrected chi connectivity index (χ1v) is 10.7. The number of aliphatic carboxylic acids is 1. The van der Waals surface area contributed by atoms with Gasteiger partial charge in [0, 0.05) is 27.6 Å². The molecular weight excluding hydrogens is 445 g/mol. The van der Waals surface area contributed by atoms with Gasteiger partial charge in [0.05, 0.1) is 0 Å². The molecular formula is C21H19Cl2N3O3S. The van der Waals surface area contributed by atoms with Crippen LogP contribution in [0.1, 0.15) is 30.3 Å². The van der Waals surface area contributed by atoms with E-state index in [9.17, 15) is 9.90 Å². The third kappa shape index (κ3) is 6.01. The Balaban J connectivity index is 1.80. The first kappa shape index (κ1) is 22.2. The Hall–Kier alpha value is -2.48. The number of carbonyl (C=O) groups is 1. The van der Waals surface area contributed by atoms with E-state index in [4.69, 9.17) is 27.9 Å². The molecule has 0 aliphatic rings. The van der Waals surface area contributed by atoms with Crippen molar-refractivity contribution in [2.24, 2.45) is 0 Å². The zero-order valence-electron chi connectivity index (χ0n) is 16.1. The first-order valence-electron chi connectivity index (χ1n) is 9.16. The van der Waals surface area contributed by atoms with E-state index in [2.05, 4.69) is 15.2 Å². The molecule has 1 aromatic heterocycles. The number of carboxylic acids is 1. The first-order chi connectivity index (χ1) is 14.5. The van der Waals surface area contributed by atoms with E-state index in [-0.39, 0.29) is 11.5 Å². The molecule has 0 aliphatic heterocycles. The summed E-state index contributed by atoms with van der Waals surface area (Å²) in [6, 6.07) is 12.4. The van der Waals surface area contributed by atoms with Gasteiger partial charge in [0.2, 0.25) is 5.16 Å². The van der Waals surface area contributed by atoms with Gasteiger partial charge in [-0.05, 0) is 42.5 Å². The fraction of sp³-hybridized carbons (Fsp3) is 0.190. The van der Waals surface area contributed by atoms with Crippen molar-refractivity contribution in [3.8, 4) is 5.75 Å². The standard InChI is InChI=1S/C21H19Cl2N3O3S/c1-2-5-19-24-21(26-25-19)30-18(20(27)28)10-13-6-3-4-7-17(13)29-12-14-8-9-15(22)11-16(14)23/h3-4,6-11H,2,5,12H2,1H3,(H,27,28)(H,24,25,26)/b18-10-. The zero-order valence-corrected chi connectivity index (χ0v) is 18.4. The monoisotopic (exact) mass is 463 g/mol. The van der Waals surface area contributed by atoms with Crippen LogP contribution in [0.15, 0.2) is 52.5 Å². The van der Waals surface area contributed by atoms with E-state index >= 15 is 0 Å². The average molecular weight is 464 g/mol. The molecule has 0 aliphatic carbocycles. The highest BCUT2D eigenvalue weighted by molar-refractivity contribution is 8.04. The van der Waals surface area contributed by atoms with Crippen LogP contribution in [0.5, 0.6) is 5.75 Å². The van der Waals surface area contributed by atoms with E-state index in [1.54, 1.807) is 36.4 Å². The van der Waals surface area contributed by atoms with Gasteiger partial charge in [0.1, 0.15) is 23.1 Å². The topological polar surface area (TPSA) is 88.1 Å². The maximum atomic E-state index is 11.8. The van der Waals surface area contributed by atoms with Gasteiger partial charge in [-0.3, -0.25) is 5.10 Å². The fourth-order valence-corrected chi connectivity index (χ4v) is 3.75. The van der Waals surface area contributed by atoms with E-state index in [0.717, 1.165) is 36.0 Å². The van der Waals surface area contributed by atoms with Gasteiger partial charge in [-0.2, -0.15) is 0 Å². The number of nitrogens with one attached hydrogen (secondary N) is 1. The Kier molecular flexibility index (Phi) is 7.79. The van der Waals surface area contributed by atoms with E-state index in [1.165, 1.54) is 0 Å². The lowest BCUT2D eigenvalue weighted by Crippen LogP contribution is -2.00. The van der Waals surface area contributed by atoms with Crippen molar-refractivity contribution in [2.45, 2.75) is 31.5 Å². The number of H-pyrrole nitrogens is 1. The second kappa shape index (κ2) is 10.5. The van der Waals surface area contributed by atoms with Crippen LogP contribution in [0.2, 0.25) is 10.0 Å². The zero-order chi connectivity index (χ0) is 21.5. The smallest absolute Gasteiger partial charge is 0.342 e. The highest BCUT2D eigenvalue weighted by Gasteiger charge is 2.15. The summed E-state index contributed by atoms with van der Waals surface area (Å²) in [4.78, 5) is 16.2. The second-order valence-corrected chi connectivity index (χ2v) is 8.15. The molecule has 6 nitrogen and oxygen atoms in total. The van der Waals surface area contributed by atoms with Crippen molar-refractivity contribution in [1.29, 1.82) is 0 Å². The molecule has 0 saturated carbocycles. The quantitative estimate of drug-likeness (QED) is 0.305. The molecule has 0 atom stereocenters. The second-order valence-electron chi connectivity index (χ2n) is 6.29. The summed E-state index contributed by atoms with van der Waals surface area (Å²) in [5.74, 6) is 0.190. The minimum atomic E-state index is -1.07. The van der Waals surface area contributed by atoms with Crippen LogP contribution in [-0.2, 0) is 17.8 Å². The van der Waals surface area contributed by atoms with Gasteiger partial charge in [0.15, 0.2) is 0 Å². The van der Waals surface area contributed by atoms with Crippen LogP contribution >= 0.6 is 35.0 Å². The summed E-state index contributed by atoms with van der Waals surface area (Å²) in [6.45, 7) is 2.25. The molecule has 30 heavy (non-hydrogen) atoms. The number of carboxylic acid groups (broad SMARTS) is 1. The molecule has 0 unspecified atom stereocenters. The van der Waals surface area contributed by atoms with Crippen LogP contribution < -0.4 is 4.74 Å². The normalized spacial score (nSPS) is 11.5. The van der Waals surface area contributed by atoms with Crippen LogP contribution in [0.25, 0.3) is 6.08 Å². The molecule has 3 rings (SSSR count). The molecule has 0 spiro atoms. The number of rotatable bonds is 9. The van der Waals surface area contributed by atoms with Crippen molar-refractivity contribution in [2.75, 3.05) is 0 Å². The number of para-hydroxylation sites is 1. The number of hydrogen-bond donors (Lipinski definition) is 2. The molecule has 3 aromatic rings. The highest BCUT2D eigenvalue weighted by atomic mass is 35.5. The Bertz CT molecular complexity index is 1070. The third-order valence-corrected chi connectivity index (χ3v) is 5.48. The number of thioether (sulfide) groups is 1. The molecule has 0 amide bonds. The number of aromatic amines is 1. The van der Waals surface area contributed by atoms with E-state index in [0.29, 0.717) is 26.5 Å². The van der Waals surface area contributed by atoms with Crippen molar-refractivity contribution >= 4 is 47.0 Å². The fourth-order valence-electron chi connectivity index (χ4n) is 2.57. The van der Waals surface area contributed by atoms with Crippen molar-refractivity contribution in [3.63, 3.8) is 0 Å². The number of aromatic nitrogens is 3. The van der Waals surface area contributed by atoms with Crippen LogP contribution in [0.4, 0.5) is 0 Å². The molecule has 9 heteroatoms. The third-order valence-electron chi connectivity index (χ3n) is 4.01. The molecule has 1 heterocycles. The highest BCUT2D eigenvalue weighted by Crippen LogP contribution is 2.30. The SMILES string of the molecule is CCCc1nc(S/C(=C\c2ccccc2OCc2ccc(Cl)cc2Cl)C(=O)O)n[nH]1. The Labute approximate surface area is 188 Å². The number of hydrogen-bond acceptors (Lipinski definition) is 5. The van der Waals surface area contributed by atoms with Crippen molar-refractivity contribution in [3.05, 3.63) is 74.4 Å². The number of halogens is 2. The molecule has 0 fully saturated rings. The van der Waals surface area contributed by atoms with Gasteiger partial charge >= 0.3 is 5.97 Å². The molecule has 0 radical (unpaired) electrons. The minimum absolute atomic E-state index is 0.0811. The maximum Gasteiger partial charge on any atom is 0.342 e. The lowest BCUT2D eigenvalue weighted by molar-refractivity contribution is -0.131. The molecule has 2 aromatic carbocycles. The predicted molar refractivity (Wildman–Crippen MR) is 119 cm³/mol.